The largest absolute Gasteiger partial charge is 0.388 e. The molecule has 0 bridgehead atoms. The molecule has 0 amide bonds. The number of thiophene rings is 1. The Bertz CT molecular complexity index is 841. The highest BCUT2D eigenvalue weighted by Crippen LogP contribution is 2.28. The standard InChI is InChI=1S/C14H15N5O2S2/c1-2-19-13(10-4-3-5-22-10)17-18-14(19)23-8-9-6-12(21)16-11(7-20)15-9/h3-6,20H,2,7-8H2,1H3,(H,15,16,21). The number of hydrogen-bond donors (Lipinski definition) is 2. The minimum Gasteiger partial charge on any atom is -0.388 e. The summed E-state index contributed by atoms with van der Waals surface area (Å²) in [6, 6.07) is 5.43. The van der Waals surface area contributed by atoms with Gasteiger partial charge in [-0.2, -0.15) is 0 Å². The number of aromatic amines is 1. The summed E-state index contributed by atoms with van der Waals surface area (Å²) in [5.41, 5.74) is 0.335. The van der Waals surface area contributed by atoms with Gasteiger partial charge >= 0.3 is 0 Å². The second kappa shape index (κ2) is 7.07. The molecule has 7 nitrogen and oxygen atoms in total. The fraction of sp³-hybridized carbons (Fsp3) is 0.286. The number of aliphatic hydroxyl groups excluding tert-OH is 1. The number of nitrogens with one attached hydrogen (secondary N) is 1. The van der Waals surface area contributed by atoms with Gasteiger partial charge in [-0.3, -0.25) is 4.79 Å². The van der Waals surface area contributed by atoms with E-state index in [1.54, 1.807) is 11.3 Å². The summed E-state index contributed by atoms with van der Waals surface area (Å²) in [5.74, 6) is 1.60. The monoisotopic (exact) mass is 349 g/mol. The van der Waals surface area contributed by atoms with Crippen molar-refractivity contribution in [2.45, 2.75) is 31.0 Å². The number of aromatic nitrogens is 5. The predicted molar refractivity (Wildman–Crippen MR) is 89.4 cm³/mol. The lowest BCUT2D eigenvalue weighted by molar-refractivity contribution is 0.270. The molecule has 0 saturated heterocycles. The first-order chi connectivity index (χ1) is 11.2. The lowest BCUT2D eigenvalue weighted by Crippen LogP contribution is -2.12. The summed E-state index contributed by atoms with van der Waals surface area (Å²) < 4.78 is 2.04. The van der Waals surface area contributed by atoms with Crippen LogP contribution in [0.4, 0.5) is 0 Å². The number of nitrogens with zero attached hydrogens (tertiary/aromatic N) is 4. The zero-order chi connectivity index (χ0) is 16.2. The lowest BCUT2D eigenvalue weighted by atomic mass is 10.4. The third-order valence-electron chi connectivity index (χ3n) is 3.12. The van der Waals surface area contributed by atoms with Gasteiger partial charge < -0.3 is 14.7 Å². The Morgan fingerprint density at radius 2 is 2.30 bits per heavy atom. The summed E-state index contributed by atoms with van der Waals surface area (Å²) in [6.07, 6.45) is 0. The van der Waals surface area contributed by atoms with Gasteiger partial charge in [0.25, 0.3) is 5.56 Å². The van der Waals surface area contributed by atoms with Crippen LogP contribution in [0.1, 0.15) is 18.4 Å². The van der Waals surface area contributed by atoms with Gasteiger partial charge in [0.1, 0.15) is 12.4 Å². The quantitative estimate of drug-likeness (QED) is 0.660. The first-order valence-electron chi connectivity index (χ1n) is 7.01. The molecule has 0 spiro atoms. The highest BCUT2D eigenvalue weighted by molar-refractivity contribution is 7.98. The average Bonchev–Trinajstić information content (AvgIpc) is 3.20. The van der Waals surface area contributed by atoms with Crippen LogP contribution in [-0.4, -0.2) is 29.8 Å². The molecule has 0 radical (unpaired) electrons. The molecule has 3 heterocycles. The van der Waals surface area contributed by atoms with Gasteiger partial charge in [-0.25, -0.2) is 4.98 Å². The number of hydrogen-bond acceptors (Lipinski definition) is 7. The van der Waals surface area contributed by atoms with Gasteiger partial charge in [0.15, 0.2) is 11.0 Å². The first kappa shape index (κ1) is 15.9. The van der Waals surface area contributed by atoms with Crippen molar-refractivity contribution in [1.82, 2.24) is 24.7 Å². The third kappa shape index (κ3) is 3.52. The third-order valence-corrected chi connectivity index (χ3v) is 4.98. The number of rotatable bonds is 6. The molecule has 0 aromatic carbocycles. The van der Waals surface area contributed by atoms with E-state index in [9.17, 15) is 4.79 Å². The number of H-pyrrole nitrogens is 1. The van der Waals surface area contributed by atoms with Crippen molar-refractivity contribution >= 4 is 23.1 Å². The minimum atomic E-state index is -0.290. The molecule has 2 N–H and O–H groups in total. The summed E-state index contributed by atoms with van der Waals surface area (Å²) in [5, 5.41) is 20.4. The van der Waals surface area contributed by atoms with E-state index in [4.69, 9.17) is 5.11 Å². The molecule has 0 aliphatic rings. The molecular weight excluding hydrogens is 334 g/mol. The molecule has 0 atom stereocenters. The van der Waals surface area contributed by atoms with Gasteiger partial charge in [-0.15, -0.1) is 21.5 Å². The van der Waals surface area contributed by atoms with Crippen LogP contribution in [0.3, 0.4) is 0 Å². The molecular formula is C14H15N5O2S2. The van der Waals surface area contributed by atoms with Crippen molar-refractivity contribution in [3.63, 3.8) is 0 Å². The summed E-state index contributed by atoms with van der Waals surface area (Å²) in [6.45, 7) is 2.51. The van der Waals surface area contributed by atoms with Crippen molar-refractivity contribution in [3.8, 4) is 10.7 Å². The Kier molecular flexibility index (Phi) is 4.89. The van der Waals surface area contributed by atoms with Crippen LogP contribution in [-0.2, 0) is 18.9 Å². The summed E-state index contributed by atoms with van der Waals surface area (Å²) in [4.78, 5) is 19.3. The van der Waals surface area contributed by atoms with E-state index in [2.05, 4.69) is 20.2 Å². The van der Waals surface area contributed by atoms with Crippen LogP contribution < -0.4 is 5.56 Å². The van der Waals surface area contributed by atoms with Crippen molar-refractivity contribution in [2.24, 2.45) is 0 Å². The first-order valence-corrected chi connectivity index (χ1v) is 8.87. The smallest absolute Gasteiger partial charge is 0.251 e. The fourth-order valence-electron chi connectivity index (χ4n) is 2.12. The maximum atomic E-state index is 11.5. The average molecular weight is 349 g/mol. The van der Waals surface area contributed by atoms with Crippen LogP contribution in [0.25, 0.3) is 10.7 Å². The zero-order valence-electron chi connectivity index (χ0n) is 12.4. The minimum absolute atomic E-state index is 0.268. The topological polar surface area (TPSA) is 96.7 Å². The highest BCUT2D eigenvalue weighted by Gasteiger charge is 2.14. The maximum Gasteiger partial charge on any atom is 0.251 e. The Balaban J connectivity index is 1.81. The summed E-state index contributed by atoms with van der Waals surface area (Å²) in [7, 11) is 0. The van der Waals surface area contributed by atoms with Crippen molar-refractivity contribution in [3.05, 3.63) is 45.5 Å². The normalized spacial score (nSPS) is 11.0. The molecule has 0 aliphatic heterocycles. The van der Waals surface area contributed by atoms with Crippen LogP contribution in [0, 0.1) is 0 Å². The SMILES string of the molecule is CCn1c(SCc2cc(=O)[nH]c(CO)n2)nnc1-c1cccs1. The lowest BCUT2D eigenvalue weighted by Gasteiger charge is -2.06. The van der Waals surface area contributed by atoms with Gasteiger partial charge in [-0.05, 0) is 18.4 Å². The van der Waals surface area contributed by atoms with E-state index in [0.29, 0.717) is 11.4 Å². The Morgan fingerprint density at radius 3 is 3.00 bits per heavy atom. The van der Waals surface area contributed by atoms with Crippen molar-refractivity contribution in [2.75, 3.05) is 0 Å². The van der Waals surface area contributed by atoms with Gasteiger partial charge in [0, 0.05) is 18.4 Å². The van der Waals surface area contributed by atoms with Crippen LogP contribution in [0.15, 0.2) is 33.5 Å². The van der Waals surface area contributed by atoms with Gasteiger partial charge in [0.05, 0.1) is 10.6 Å². The highest BCUT2D eigenvalue weighted by atomic mass is 32.2. The Labute approximate surface area is 140 Å². The molecule has 0 saturated carbocycles. The van der Waals surface area contributed by atoms with E-state index >= 15 is 0 Å². The predicted octanol–water partition coefficient (Wildman–Crippen LogP) is 1.89. The number of aliphatic hydroxyl groups is 1. The second-order valence-electron chi connectivity index (χ2n) is 4.66. The Hall–Kier alpha value is -1.97. The molecule has 120 valence electrons. The molecule has 0 fully saturated rings. The molecule has 3 aromatic rings. The van der Waals surface area contributed by atoms with E-state index in [-0.39, 0.29) is 18.0 Å². The molecule has 0 unspecified atom stereocenters. The Morgan fingerprint density at radius 1 is 1.43 bits per heavy atom. The van der Waals surface area contributed by atoms with Gasteiger partial charge in [-0.1, -0.05) is 17.8 Å². The van der Waals surface area contributed by atoms with E-state index in [1.165, 1.54) is 17.8 Å². The van der Waals surface area contributed by atoms with E-state index in [1.807, 2.05) is 29.0 Å². The van der Waals surface area contributed by atoms with Crippen LogP contribution in [0.2, 0.25) is 0 Å². The molecule has 3 aromatic heterocycles. The molecule has 3 rings (SSSR count). The number of thioether (sulfide) groups is 1. The molecule has 23 heavy (non-hydrogen) atoms. The summed E-state index contributed by atoms with van der Waals surface area (Å²) >= 11 is 3.09. The van der Waals surface area contributed by atoms with E-state index in [0.717, 1.165) is 22.4 Å². The zero-order valence-corrected chi connectivity index (χ0v) is 14.0. The fourth-order valence-corrected chi connectivity index (χ4v) is 3.73. The second-order valence-corrected chi connectivity index (χ2v) is 6.55. The van der Waals surface area contributed by atoms with Crippen molar-refractivity contribution < 1.29 is 5.11 Å². The van der Waals surface area contributed by atoms with Gasteiger partial charge in [0.2, 0.25) is 0 Å². The van der Waals surface area contributed by atoms with Crippen LogP contribution in [0.5, 0.6) is 0 Å². The van der Waals surface area contributed by atoms with E-state index < -0.39 is 0 Å². The van der Waals surface area contributed by atoms with Crippen LogP contribution >= 0.6 is 23.1 Å². The molecule has 0 aliphatic carbocycles. The molecule has 9 heteroatoms. The maximum absolute atomic E-state index is 11.5. The van der Waals surface area contributed by atoms with Crippen molar-refractivity contribution in [1.29, 1.82) is 0 Å².